The summed E-state index contributed by atoms with van der Waals surface area (Å²) in [5.41, 5.74) is 3.24. The molecule has 0 radical (unpaired) electrons. The summed E-state index contributed by atoms with van der Waals surface area (Å²) in [6.45, 7) is 15.9. The van der Waals surface area contributed by atoms with Crippen molar-refractivity contribution in [1.29, 1.82) is 0 Å². The van der Waals surface area contributed by atoms with Crippen LogP contribution >= 0.6 is 0 Å². The van der Waals surface area contributed by atoms with Gasteiger partial charge in [0.05, 0.1) is 5.92 Å². The SMILES string of the molecule is C=C[C@@]1(C)C=C(C)C2C3[C@H](Cc4ccc(cc4)C[C@@H]4C(=O)NC(=O)[C@H]4C(=O)[C@H]31)C1[C@@H](C)CC(C)C[C@@]21C. The van der Waals surface area contributed by atoms with Gasteiger partial charge in [0.2, 0.25) is 11.8 Å². The third-order valence-corrected chi connectivity index (χ3v) is 11.3. The van der Waals surface area contributed by atoms with Gasteiger partial charge in [-0.05, 0) is 84.7 Å². The lowest BCUT2D eigenvalue weighted by Crippen LogP contribution is -2.49. The maximum atomic E-state index is 14.8. The summed E-state index contributed by atoms with van der Waals surface area (Å²) in [5.74, 6) is -0.266. The van der Waals surface area contributed by atoms with E-state index in [1.807, 2.05) is 6.08 Å². The zero-order valence-electron chi connectivity index (χ0n) is 22.9. The minimum atomic E-state index is -0.934. The number of fused-ring (bicyclic) bond motifs is 4. The van der Waals surface area contributed by atoms with E-state index in [9.17, 15) is 14.4 Å². The Morgan fingerprint density at radius 1 is 0.973 bits per heavy atom. The van der Waals surface area contributed by atoms with Gasteiger partial charge in [0.15, 0.2) is 5.78 Å². The summed E-state index contributed by atoms with van der Waals surface area (Å²) in [6, 6.07) is 8.64. The second-order valence-corrected chi connectivity index (χ2v) is 13.8. The van der Waals surface area contributed by atoms with Crippen LogP contribution in [-0.4, -0.2) is 17.6 Å². The van der Waals surface area contributed by atoms with Gasteiger partial charge in [0, 0.05) is 11.3 Å². The molecule has 1 aromatic rings. The van der Waals surface area contributed by atoms with E-state index in [1.165, 1.54) is 24.0 Å². The van der Waals surface area contributed by atoms with E-state index in [0.29, 0.717) is 30.1 Å². The average molecular weight is 500 g/mol. The van der Waals surface area contributed by atoms with E-state index in [2.05, 4.69) is 76.9 Å². The van der Waals surface area contributed by atoms with Gasteiger partial charge >= 0.3 is 0 Å². The lowest BCUT2D eigenvalue weighted by atomic mass is 9.53. The molecule has 1 saturated heterocycles. The Kier molecular flexibility index (Phi) is 5.54. The van der Waals surface area contributed by atoms with Crippen LogP contribution in [0.25, 0.3) is 0 Å². The first-order valence-corrected chi connectivity index (χ1v) is 14.3. The number of nitrogens with one attached hydrogen (secondary N) is 1. The summed E-state index contributed by atoms with van der Waals surface area (Å²) in [6.07, 6.45) is 7.97. The Morgan fingerprint density at radius 3 is 2.27 bits per heavy atom. The molecule has 4 heteroatoms. The number of carbonyl (C=O) groups is 3. The number of amides is 2. The fourth-order valence-corrected chi connectivity index (χ4v) is 10.6. The standard InChI is InChI=1S/C33H41NO3/c1-7-32(5)16-19(4)27-24-22(26-18(3)12-17(2)15-33(26,27)6)13-20-8-10-21(11-9-20)14-23-25(29(35)28(24)32)31(37)34-30(23)36/h7-11,16-18,22-28H,1,12-15H2,2-6H3,(H,34,36,37)/t17?,18-,22-,23-,24?,25+,26?,27?,28-,32-,33+/m0/s1. The summed E-state index contributed by atoms with van der Waals surface area (Å²) in [4.78, 5) is 41.0. The first kappa shape index (κ1) is 24.8. The van der Waals surface area contributed by atoms with Crippen LogP contribution in [0.15, 0.2) is 48.6 Å². The lowest BCUT2D eigenvalue weighted by Gasteiger charge is -2.50. The Bertz CT molecular complexity index is 1210. The van der Waals surface area contributed by atoms with Crippen molar-refractivity contribution in [3.63, 3.8) is 0 Å². The highest BCUT2D eigenvalue weighted by atomic mass is 16.2. The Balaban J connectivity index is 1.61. The highest BCUT2D eigenvalue weighted by Crippen LogP contribution is 2.70. The first-order chi connectivity index (χ1) is 17.5. The van der Waals surface area contributed by atoms with Crippen molar-refractivity contribution in [3.05, 3.63) is 59.7 Å². The van der Waals surface area contributed by atoms with Gasteiger partial charge in [0.25, 0.3) is 0 Å². The molecular weight excluding hydrogens is 458 g/mol. The third-order valence-electron chi connectivity index (χ3n) is 11.3. The molecule has 37 heavy (non-hydrogen) atoms. The number of imide groups is 1. The van der Waals surface area contributed by atoms with Crippen molar-refractivity contribution in [2.45, 2.75) is 60.3 Å². The van der Waals surface area contributed by atoms with E-state index < -0.39 is 23.2 Å². The molecule has 2 bridgehead atoms. The molecule has 2 saturated carbocycles. The van der Waals surface area contributed by atoms with Crippen molar-refractivity contribution in [3.8, 4) is 0 Å². The van der Waals surface area contributed by atoms with Crippen LogP contribution in [0, 0.1) is 64.1 Å². The average Bonchev–Trinajstić information content (AvgIpc) is 3.23. The molecular formula is C33H41NO3. The second-order valence-electron chi connectivity index (χ2n) is 13.8. The zero-order valence-corrected chi connectivity index (χ0v) is 22.9. The number of ketones is 1. The van der Waals surface area contributed by atoms with Crippen molar-refractivity contribution >= 4 is 17.6 Å². The summed E-state index contributed by atoms with van der Waals surface area (Å²) < 4.78 is 0. The van der Waals surface area contributed by atoms with E-state index in [4.69, 9.17) is 0 Å². The van der Waals surface area contributed by atoms with Crippen LogP contribution in [0.2, 0.25) is 0 Å². The van der Waals surface area contributed by atoms with E-state index in [1.54, 1.807) is 0 Å². The first-order valence-electron chi connectivity index (χ1n) is 14.3. The molecule has 3 fully saturated rings. The lowest BCUT2D eigenvalue weighted by molar-refractivity contribution is -0.140. The molecule has 0 spiro atoms. The van der Waals surface area contributed by atoms with Gasteiger partial charge in [-0.1, -0.05) is 69.7 Å². The molecule has 1 N–H and O–H groups in total. The van der Waals surface area contributed by atoms with Crippen LogP contribution in [-0.2, 0) is 27.2 Å². The van der Waals surface area contributed by atoms with Gasteiger partial charge in [-0.25, -0.2) is 0 Å². The predicted octanol–water partition coefficient (Wildman–Crippen LogP) is 5.56. The van der Waals surface area contributed by atoms with Gasteiger partial charge in [-0.3, -0.25) is 19.7 Å². The van der Waals surface area contributed by atoms with E-state index in [0.717, 1.165) is 12.0 Å². The maximum absolute atomic E-state index is 14.8. The fourth-order valence-electron chi connectivity index (χ4n) is 10.6. The molecule has 0 aromatic heterocycles. The third kappa shape index (κ3) is 3.43. The normalized spacial score (nSPS) is 46.7. The van der Waals surface area contributed by atoms with Crippen molar-refractivity contribution in [2.24, 2.45) is 64.1 Å². The number of Topliss-reactive ketones (excluding diaryl/α,β-unsaturated/α-hetero) is 1. The number of carbonyl (C=O) groups excluding carboxylic acids is 3. The fraction of sp³-hybridized carbons (Fsp3) is 0.606. The smallest absolute Gasteiger partial charge is 0.237 e. The van der Waals surface area contributed by atoms with Crippen LogP contribution in [0.4, 0.5) is 0 Å². The summed E-state index contributed by atoms with van der Waals surface area (Å²) in [7, 11) is 0. The molecule has 1 heterocycles. The quantitative estimate of drug-likeness (QED) is 0.312. The number of benzene rings is 1. The molecule has 6 aliphatic rings. The number of allylic oxidation sites excluding steroid dienone is 3. The molecule has 196 valence electrons. The molecule has 7 rings (SSSR count). The number of rotatable bonds is 1. The topological polar surface area (TPSA) is 63.2 Å². The number of hydrogen-bond acceptors (Lipinski definition) is 3. The minimum absolute atomic E-state index is 0.0440. The summed E-state index contributed by atoms with van der Waals surface area (Å²) in [5, 5.41) is 2.53. The van der Waals surface area contributed by atoms with Crippen LogP contribution in [0.5, 0.6) is 0 Å². The van der Waals surface area contributed by atoms with Gasteiger partial charge < -0.3 is 0 Å². The zero-order chi connectivity index (χ0) is 26.4. The predicted molar refractivity (Wildman–Crippen MR) is 144 cm³/mol. The van der Waals surface area contributed by atoms with Crippen molar-refractivity contribution < 1.29 is 14.4 Å². The summed E-state index contributed by atoms with van der Waals surface area (Å²) >= 11 is 0. The van der Waals surface area contributed by atoms with Crippen LogP contribution < -0.4 is 5.32 Å². The largest absolute Gasteiger partial charge is 0.298 e. The highest BCUT2D eigenvalue weighted by Gasteiger charge is 2.67. The second kappa shape index (κ2) is 8.25. The van der Waals surface area contributed by atoms with Crippen LogP contribution in [0.3, 0.4) is 0 Å². The highest BCUT2D eigenvalue weighted by molar-refractivity contribution is 6.16. The van der Waals surface area contributed by atoms with Gasteiger partial charge in [0.1, 0.15) is 5.92 Å². The van der Waals surface area contributed by atoms with E-state index in [-0.39, 0.29) is 34.9 Å². The van der Waals surface area contributed by atoms with E-state index >= 15 is 0 Å². The molecule has 5 aliphatic carbocycles. The Labute approximate surface area is 221 Å². The molecule has 4 nitrogen and oxygen atoms in total. The van der Waals surface area contributed by atoms with Gasteiger partial charge in [-0.15, -0.1) is 6.58 Å². The van der Waals surface area contributed by atoms with Crippen molar-refractivity contribution in [1.82, 2.24) is 5.32 Å². The molecule has 4 unspecified atom stereocenters. The monoisotopic (exact) mass is 499 g/mol. The maximum Gasteiger partial charge on any atom is 0.237 e. The molecule has 1 aromatic carbocycles. The molecule has 11 atom stereocenters. The molecule has 2 amide bonds. The van der Waals surface area contributed by atoms with Gasteiger partial charge in [-0.2, -0.15) is 0 Å². The number of hydrogen-bond donors (Lipinski definition) is 1. The Morgan fingerprint density at radius 2 is 1.62 bits per heavy atom. The van der Waals surface area contributed by atoms with Crippen molar-refractivity contribution in [2.75, 3.05) is 0 Å². The van der Waals surface area contributed by atoms with Crippen LogP contribution in [0.1, 0.15) is 58.6 Å². The Hall–Kier alpha value is -2.49. The minimum Gasteiger partial charge on any atom is -0.298 e. The molecule has 1 aliphatic heterocycles.